The Morgan fingerprint density at radius 2 is 1.52 bits per heavy atom. The third-order valence-corrected chi connectivity index (χ3v) is 7.81. The van der Waals surface area contributed by atoms with E-state index in [1.807, 2.05) is 32.9 Å². The molecule has 0 bridgehead atoms. The molecule has 2 heterocycles. The van der Waals surface area contributed by atoms with Gasteiger partial charge in [0.25, 0.3) is 0 Å². The van der Waals surface area contributed by atoms with Crippen LogP contribution in [0.2, 0.25) is 0 Å². The topological polar surface area (TPSA) is 64.6 Å². The molecule has 0 aromatic heterocycles. The van der Waals surface area contributed by atoms with Gasteiger partial charge in [-0.3, -0.25) is 0 Å². The minimum absolute atomic E-state index is 0.250. The summed E-state index contributed by atoms with van der Waals surface area (Å²) >= 11 is 8.33. The van der Waals surface area contributed by atoms with Crippen LogP contribution in [0.1, 0.15) is 52.7 Å². The van der Waals surface area contributed by atoms with Crippen LogP contribution in [0.5, 0.6) is 0 Å². The normalized spacial score (nSPS) is 17.8. The fraction of sp³-hybridized carbons (Fsp3) is 0.435. The molecule has 2 aliphatic heterocycles. The fourth-order valence-corrected chi connectivity index (χ4v) is 6.14. The molecule has 0 aliphatic carbocycles. The Hall–Kier alpha value is -1.77. The molecular formula is C23H27NO4S3. The van der Waals surface area contributed by atoms with Gasteiger partial charge in [-0.25, -0.2) is 9.59 Å². The summed E-state index contributed by atoms with van der Waals surface area (Å²) in [7, 11) is 0. The standard InChI is InChI=1S/C23H27NO4S3/c1-11(2)27-20(25)17-18(21(26)28-12(3)4)31-22(30-17)16-14-9-8-13(5)10-15(14)24-23(6,7)19(16)29/h8-12,24H,1-7H3. The molecule has 166 valence electrons. The Kier molecular flexibility index (Phi) is 6.93. The molecule has 0 fully saturated rings. The van der Waals surface area contributed by atoms with Gasteiger partial charge in [-0.1, -0.05) is 47.9 Å². The average Bonchev–Trinajstić information content (AvgIpc) is 3.07. The molecule has 8 heteroatoms. The Bertz CT molecular complexity index is 986. The van der Waals surface area contributed by atoms with Crippen LogP contribution in [-0.4, -0.2) is 34.6 Å². The predicted octanol–water partition coefficient (Wildman–Crippen LogP) is 5.83. The number of hydrogen-bond acceptors (Lipinski definition) is 8. The number of benzene rings is 1. The molecule has 0 atom stereocenters. The summed E-state index contributed by atoms with van der Waals surface area (Å²) in [4.78, 5) is 26.8. The smallest absolute Gasteiger partial charge is 0.346 e. The van der Waals surface area contributed by atoms with Crippen molar-refractivity contribution in [1.29, 1.82) is 0 Å². The number of nitrogens with one attached hydrogen (secondary N) is 1. The third kappa shape index (κ3) is 5.02. The highest BCUT2D eigenvalue weighted by Crippen LogP contribution is 2.55. The van der Waals surface area contributed by atoms with Crippen LogP contribution >= 0.6 is 35.7 Å². The van der Waals surface area contributed by atoms with E-state index in [0.29, 0.717) is 0 Å². The van der Waals surface area contributed by atoms with Crippen molar-refractivity contribution in [2.45, 2.75) is 66.2 Å². The van der Waals surface area contributed by atoms with E-state index in [2.05, 4.69) is 11.4 Å². The number of carbonyl (C=O) groups excluding carboxylic acids is 2. The van der Waals surface area contributed by atoms with E-state index < -0.39 is 17.5 Å². The van der Waals surface area contributed by atoms with E-state index in [0.717, 1.165) is 31.5 Å². The molecule has 0 spiro atoms. The fourth-order valence-electron chi connectivity index (χ4n) is 3.22. The molecule has 0 radical (unpaired) electrons. The Morgan fingerprint density at radius 1 is 1.00 bits per heavy atom. The minimum atomic E-state index is -0.526. The van der Waals surface area contributed by atoms with Gasteiger partial charge in [0.1, 0.15) is 9.81 Å². The van der Waals surface area contributed by atoms with Gasteiger partial charge in [0.05, 0.1) is 22.0 Å². The first-order valence-corrected chi connectivity index (χ1v) is 12.1. The zero-order chi connectivity index (χ0) is 23.1. The maximum absolute atomic E-state index is 12.8. The Balaban J connectivity index is 2.12. The number of thiocarbonyl (C=S) groups is 1. The highest BCUT2D eigenvalue weighted by molar-refractivity contribution is 8.29. The Morgan fingerprint density at radius 3 is 2.00 bits per heavy atom. The van der Waals surface area contributed by atoms with E-state index >= 15 is 0 Å². The van der Waals surface area contributed by atoms with E-state index in [-0.39, 0.29) is 22.0 Å². The van der Waals surface area contributed by atoms with Crippen LogP contribution in [0.25, 0.3) is 5.57 Å². The van der Waals surface area contributed by atoms with Crippen molar-refractivity contribution in [1.82, 2.24) is 0 Å². The molecule has 0 amide bonds. The summed E-state index contributed by atoms with van der Waals surface area (Å²) in [6.07, 6.45) is -0.598. The van der Waals surface area contributed by atoms with E-state index in [1.54, 1.807) is 27.7 Å². The first-order chi connectivity index (χ1) is 14.4. The van der Waals surface area contributed by atoms with E-state index in [1.165, 1.54) is 23.5 Å². The van der Waals surface area contributed by atoms with Crippen LogP contribution < -0.4 is 5.32 Å². The molecule has 0 saturated carbocycles. The largest absolute Gasteiger partial charge is 0.459 e. The van der Waals surface area contributed by atoms with Crippen LogP contribution in [0, 0.1) is 6.92 Å². The SMILES string of the molecule is Cc1ccc2c(c1)NC(C)(C)C(=S)C2=C1SC(C(=O)OC(C)C)=C(C(=O)OC(C)C)S1. The monoisotopic (exact) mass is 477 g/mol. The quantitative estimate of drug-likeness (QED) is 0.330. The molecular weight excluding hydrogens is 450 g/mol. The zero-order valence-corrected chi connectivity index (χ0v) is 21.2. The molecule has 2 aliphatic rings. The number of esters is 2. The minimum Gasteiger partial charge on any atom is -0.459 e. The summed E-state index contributed by atoms with van der Waals surface area (Å²) in [6.45, 7) is 13.2. The lowest BCUT2D eigenvalue weighted by Crippen LogP contribution is -2.43. The van der Waals surface area contributed by atoms with Gasteiger partial charge in [0, 0.05) is 21.7 Å². The molecule has 3 rings (SSSR count). The molecule has 1 N–H and O–H groups in total. The van der Waals surface area contributed by atoms with Crippen molar-refractivity contribution < 1.29 is 19.1 Å². The number of aryl methyl sites for hydroxylation is 1. The summed E-state index contributed by atoms with van der Waals surface area (Å²) in [6, 6.07) is 6.14. The van der Waals surface area contributed by atoms with Crippen LogP contribution in [0.4, 0.5) is 5.69 Å². The lowest BCUT2D eigenvalue weighted by Gasteiger charge is -2.37. The van der Waals surface area contributed by atoms with Crippen molar-refractivity contribution in [2.75, 3.05) is 5.32 Å². The summed E-state index contributed by atoms with van der Waals surface area (Å²) in [5.74, 6) is -1.05. The van der Waals surface area contributed by atoms with Crippen LogP contribution in [-0.2, 0) is 19.1 Å². The van der Waals surface area contributed by atoms with E-state index in [9.17, 15) is 9.59 Å². The second kappa shape index (κ2) is 9.00. The highest BCUT2D eigenvalue weighted by Gasteiger charge is 2.40. The predicted molar refractivity (Wildman–Crippen MR) is 133 cm³/mol. The number of hydrogen-bond donors (Lipinski definition) is 1. The molecule has 31 heavy (non-hydrogen) atoms. The molecule has 5 nitrogen and oxygen atoms in total. The van der Waals surface area contributed by atoms with Gasteiger partial charge in [-0.15, -0.1) is 0 Å². The van der Waals surface area contributed by atoms with Gasteiger partial charge >= 0.3 is 11.9 Å². The van der Waals surface area contributed by atoms with Gasteiger partial charge in [0.2, 0.25) is 0 Å². The van der Waals surface area contributed by atoms with Crippen molar-refractivity contribution in [3.8, 4) is 0 Å². The second-order valence-corrected chi connectivity index (χ2v) is 11.3. The lowest BCUT2D eigenvalue weighted by molar-refractivity contribution is -0.144. The Labute approximate surface area is 197 Å². The summed E-state index contributed by atoms with van der Waals surface area (Å²) in [5.41, 5.74) is 3.48. The van der Waals surface area contributed by atoms with E-state index in [4.69, 9.17) is 21.7 Å². The number of rotatable bonds is 4. The van der Waals surface area contributed by atoms with Crippen molar-refractivity contribution in [2.24, 2.45) is 0 Å². The number of thioether (sulfide) groups is 2. The molecule has 0 saturated heterocycles. The number of anilines is 1. The zero-order valence-electron chi connectivity index (χ0n) is 18.7. The van der Waals surface area contributed by atoms with Gasteiger partial charge in [0.15, 0.2) is 0 Å². The lowest BCUT2D eigenvalue weighted by atomic mass is 9.85. The van der Waals surface area contributed by atoms with Gasteiger partial charge in [-0.05, 0) is 60.1 Å². The third-order valence-electron chi connectivity index (χ3n) is 4.54. The molecule has 1 aromatic rings. The van der Waals surface area contributed by atoms with Crippen LogP contribution in [0.3, 0.4) is 0 Å². The maximum atomic E-state index is 12.8. The molecule has 0 unspecified atom stereocenters. The number of fused-ring (bicyclic) bond motifs is 1. The van der Waals surface area contributed by atoms with Gasteiger partial charge < -0.3 is 14.8 Å². The van der Waals surface area contributed by atoms with Gasteiger partial charge in [-0.2, -0.15) is 0 Å². The first-order valence-electron chi connectivity index (χ1n) is 10.1. The maximum Gasteiger partial charge on any atom is 0.346 e. The number of ether oxygens (including phenoxy) is 2. The first kappa shape index (κ1) is 23.9. The average molecular weight is 478 g/mol. The number of carbonyl (C=O) groups is 2. The molecule has 1 aromatic carbocycles. The highest BCUT2D eigenvalue weighted by atomic mass is 32.2. The van der Waals surface area contributed by atoms with Crippen LogP contribution in [0.15, 0.2) is 32.2 Å². The summed E-state index contributed by atoms with van der Waals surface area (Å²) in [5, 5.41) is 3.51. The second-order valence-electron chi connectivity index (χ2n) is 8.56. The van der Waals surface area contributed by atoms with Crippen molar-refractivity contribution in [3.05, 3.63) is 43.4 Å². The van der Waals surface area contributed by atoms with Crippen molar-refractivity contribution >= 4 is 63.8 Å². The van der Waals surface area contributed by atoms with Crippen molar-refractivity contribution in [3.63, 3.8) is 0 Å². The summed E-state index contributed by atoms with van der Waals surface area (Å²) < 4.78 is 11.6.